The quantitative estimate of drug-likeness (QED) is 0.149. The zero-order chi connectivity index (χ0) is 35.7. The molecule has 0 unspecified atom stereocenters. The van der Waals surface area contributed by atoms with Crippen LogP contribution in [0.2, 0.25) is 0 Å². The lowest BCUT2D eigenvalue weighted by Crippen LogP contribution is -2.19. The maximum absolute atomic E-state index is 5.28. The van der Waals surface area contributed by atoms with Gasteiger partial charge in [-0.3, -0.25) is 9.78 Å². The first kappa shape index (κ1) is 32.1. The van der Waals surface area contributed by atoms with Crippen molar-refractivity contribution in [2.45, 2.75) is 69.7 Å². The van der Waals surface area contributed by atoms with Crippen LogP contribution in [0.5, 0.6) is 5.75 Å². The third-order valence-corrected chi connectivity index (χ3v) is 13.1. The first-order valence-electron chi connectivity index (χ1n) is 17.7. The number of fused-ring (bicyclic) bond motifs is 8. The van der Waals surface area contributed by atoms with Gasteiger partial charge in [0.25, 0.3) is 0 Å². The van der Waals surface area contributed by atoms with Gasteiger partial charge in [0.2, 0.25) is 11.9 Å². The molecule has 2 fully saturated rings. The summed E-state index contributed by atoms with van der Waals surface area (Å²) in [4.78, 5) is 29.9. The third kappa shape index (κ3) is 5.83. The average Bonchev–Trinajstić information content (AvgIpc) is 3.77. The summed E-state index contributed by atoms with van der Waals surface area (Å²) < 4.78 is 7.41. The standard InChI is InChI=1S/C23H22N6OS.C15H14N6S/c1-14-7-10-24-21(26-14)28-22-27-19-17-12-25-29(13-15-3-5-16(30-2)6-4-15)18(17)11-23(8-9-23)20(19)31-22;1-8-2-5-16-13(18-8)20-14-19-11-9-7-17-21-10(9)6-15(3-4-15)12(11)22-14/h3-7,10,12H,8-9,11,13H2,1-2H3,(H,24,26,27,28);2,5,7H,3-4,6H2,1H3,(H,17,21)(H,16,18,19,20). The number of H-pyrrole nitrogens is 1. The topological polar surface area (TPSA) is 157 Å². The number of benzene rings is 1. The number of aromatic amines is 1. The molecule has 13 nitrogen and oxygen atoms in total. The molecule has 0 atom stereocenters. The van der Waals surface area contributed by atoms with E-state index in [1.165, 1.54) is 52.4 Å². The highest BCUT2D eigenvalue weighted by atomic mass is 32.1. The van der Waals surface area contributed by atoms with Gasteiger partial charge >= 0.3 is 0 Å². The van der Waals surface area contributed by atoms with Crippen molar-refractivity contribution >= 4 is 44.8 Å². The van der Waals surface area contributed by atoms with Gasteiger partial charge in [-0.05, 0) is 69.4 Å². The lowest BCUT2D eigenvalue weighted by atomic mass is 9.87. The summed E-state index contributed by atoms with van der Waals surface area (Å²) in [5, 5.41) is 20.3. The molecule has 0 radical (unpaired) electrons. The molecule has 4 aliphatic rings. The Morgan fingerprint density at radius 2 is 1.36 bits per heavy atom. The summed E-state index contributed by atoms with van der Waals surface area (Å²) in [6, 6.07) is 12.0. The van der Waals surface area contributed by atoms with E-state index in [1.54, 1.807) is 42.2 Å². The van der Waals surface area contributed by atoms with Crippen LogP contribution in [0, 0.1) is 13.8 Å². The smallest absolute Gasteiger partial charge is 0.229 e. The summed E-state index contributed by atoms with van der Waals surface area (Å²) in [6.07, 6.45) is 14.3. The normalized spacial score (nSPS) is 16.1. The van der Waals surface area contributed by atoms with E-state index in [1.807, 2.05) is 50.5 Å². The molecule has 6 aromatic heterocycles. The Hall–Kier alpha value is -5.54. The SMILES string of the molecule is COc1ccc(Cn2ncc3c2CC2(CC2)c2sc(Nc4nccc(C)n4)nc2-3)cc1.Cc1ccnc(Nc2nc3c(s2)C2(CC2)Cc2[nH]ncc2-3)n1. The highest BCUT2D eigenvalue weighted by Gasteiger charge is 2.52. The van der Waals surface area contributed by atoms with E-state index in [0.29, 0.717) is 17.3 Å². The molecule has 0 aliphatic heterocycles. The monoisotopic (exact) mass is 740 g/mol. The highest BCUT2D eigenvalue weighted by molar-refractivity contribution is 7.16. The van der Waals surface area contributed by atoms with E-state index in [2.05, 4.69) is 57.6 Å². The van der Waals surface area contributed by atoms with Crippen LogP contribution in [0.4, 0.5) is 22.2 Å². The van der Waals surface area contributed by atoms with Gasteiger partial charge in [0.15, 0.2) is 10.3 Å². The van der Waals surface area contributed by atoms with E-state index >= 15 is 0 Å². The second-order valence-corrected chi connectivity index (χ2v) is 16.4. The number of aromatic nitrogens is 10. The van der Waals surface area contributed by atoms with Crippen molar-refractivity contribution in [1.82, 2.24) is 49.9 Å². The first-order valence-corrected chi connectivity index (χ1v) is 19.4. The van der Waals surface area contributed by atoms with E-state index < -0.39 is 0 Å². The number of thiazole rings is 2. The van der Waals surface area contributed by atoms with Crippen molar-refractivity contribution in [1.29, 1.82) is 0 Å². The predicted octanol–water partition coefficient (Wildman–Crippen LogP) is 7.46. The van der Waals surface area contributed by atoms with Gasteiger partial charge in [-0.25, -0.2) is 29.9 Å². The Bertz CT molecular complexity index is 2490. The number of nitrogens with one attached hydrogen (secondary N) is 3. The molecule has 1 aromatic carbocycles. The molecular weight excluding hydrogens is 705 g/mol. The number of anilines is 4. The molecule has 15 heteroatoms. The average molecular weight is 741 g/mol. The Morgan fingerprint density at radius 3 is 1.94 bits per heavy atom. The fourth-order valence-corrected chi connectivity index (χ4v) is 9.89. The Labute approximate surface area is 313 Å². The Balaban J connectivity index is 0.000000140. The maximum atomic E-state index is 5.28. The van der Waals surface area contributed by atoms with Crippen LogP contribution in [-0.2, 0) is 30.2 Å². The van der Waals surface area contributed by atoms with Gasteiger partial charge in [0.05, 0.1) is 37.4 Å². The van der Waals surface area contributed by atoms with Crippen molar-refractivity contribution in [2.24, 2.45) is 0 Å². The molecule has 266 valence electrons. The van der Waals surface area contributed by atoms with Crippen LogP contribution >= 0.6 is 22.7 Å². The van der Waals surface area contributed by atoms with E-state index in [4.69, 9.17) is 19.8 Å². The number of ether oxygens (including phenoxy) is 1. The summed E-state index contributed by atoms with van der Waals surface area (Å²) in [7, 11) is 1.69. The second kappa shape index (κ2) is 12.3. The number of methoxy groups -OCH3 is 1. The zero-order valence-electron chi connectivity index (χ0n) is 29.5. The minimum absolute atomic E-state index is 0.213. The molecular formula is C38H36N12OS2. The summed E-state index contributed by atoms with van der Waals surface area (Å²) in [5.41, 5.74) is 10.5. The van der Waals surface area contributed by atoms with Crippen LogP contribution < -0.4 is 15.4 Å². The minimum atomic E-state index is 0.213. The van der Waals surface area contributed by atoms with E-state index in [0.717, 1.165) is 69.3 Å². The molecule has 0 bridgehead atoms. The van der Waals surface area contributed by atoms with Gasteiger partial charge < -0.3 is 15.4 Å². The van der Waals surface area contributed by atoms with Crippen molar-refractivity contribution in [2.75, 3.05) is 17.7 Å². The van der Waals surface area contributed by atoms with Gasteiger partial charge in [-0.15, -0.1) is 22.7 Å². The highest BCUT2D eigenvalue weighted by Crippen LogP contribution is 2.60. The fourth-order valence-electron chi connectivity index (χ4n) is 7.46. The molecule has 7 aromatic rings. The molecule has 4 aliphatic carbocycles. The van der Waals surface area contributed by atoms with Crippen molar-refractivity contribution in [3.05, 3.63) is 99.3 Å². The number of aryl methyl sites for hydroxylation is 2. The van der Waals surface area contributed by atoms with Crippen molar-refractivity contribution in [3.8, 4) is 28.3 Å². The second-order valence-electron chi connectivity index (χ2n) is 14.4. The van der Waals surface area contributed by atoms with E-state index in [9.17, 15) is 0 Å². The molecule has 0 amide bonds. The lowest BCUT2D eigenvalue weighted by Gasteiger charge is -2.22. The third-order valence-electron chi connectivity index (χ3n) is 10.6. The van der Waals surface area contributed by atoms with Crippen molar-refractivity contribution in [3.63, 3.8) is 0 Å². The molecule has 2 spiro atoms. The predicted molar refractivity (Wildman–Crippen MR) is 204 cm³/mol. The number of rotatable bonds is 7. The van der Waals surface area contributed by atoms with Crippen molar-refractivity contribution < 1.29 is 4.74 Å². The maximum Gasteiger partial charge on any atom is 0.229 e. The number of hydrogen-bond donors (Lipinski definition) is 3. The van der Waals surface area contributed by atoms with E-state index in [-0.39, 0.29) is 5.41 Å². The molecule has 3 N–H and O–H groups in total. The molecule has 53 heavy (non-hydrogen) atoms. The number of nitrogens with zero attached hydrogens (tertiary/aromatic N) is 9. The Morgan fingerprint density at radius 1 is 0.755 bits per heavy atom. The first-order chi connectivity index (χ1) is 25.9. The van der Waals surface area contributed by atoms with Crippen LogP contribution in [-0.4, -0.2) is 57.0 Å². The number of hydrogen-bond acceptors (Lipinski definition) is 13. The zero-order valence-corrected chi connectivity index (χ0v) is 31.1. The van der Waals surface area contributed by atoms with Crippen LogP contribution in [0.1, 0.15) is 63.8 Å². The summed E-state index contributed by atoms with van der Waals surface area (Å²) in [6.45, 7) is 4.66. The summed E-state index contributed by atoms with van der Waals surface area (Å²) in [5.74, 6) is 2.06. The van der Waals surface area contributed by atoms with Crippen LogP contribution in [0.15, 0.2) is 61.2 Å². The Kier molecular flexibility index (Phi) is 7.44. The molecule has 0 saturated heterocycles. The fraction of sp³-hybridized carbons (Fsp3) is 0.316. The lowest BCUT2D eigenvalue weighted by molar-refractivity contribution is 0.414. The van der Waals surface area contributed by atoms with Gasteiger partial charge in [0, 0.05) is 79.7 Å². The minimum Gasteiger partial charge on any atom is -0.497 e. The van der Waals surface area contributed by atoms with Gasteiger partial charge in [-0.1, -0.05) is 12.1 Å². The largest absolute Gasteiger partial charge is 0.497 e. The van der Waals surface area contributed by atoms with Gasteiger partial charge in [0.1, 0.15) is 5.75 Å². The molecule has 6 heterocycles. The molecule has 2 saturated carbocycles. The van der Waals surface area contributed by atoms with Gasteiger partial charge in [-0.2, -0.15) is 10.2 Å². The molecule has 11 rings (SSSR count). The summed E-state index contributed by atoms with van der Waals surface area (Å²) >= 11 is 3.46. The van der Waals surface area contributed by atoms with Crippen LogP contribution in [0.25, 0.3) is 22.5 Å². The van der Waals surface area contributed by atoms with Crippen LogP contribution in [0.3, 0.4) is 0 Å².